The zero-order valence-corrected chi connectivity index (χ0v) is 50.8. The van der Waals surface area contributed by atoms with Crippen molar-refractivity contribution in [2.45, 2.75) is 152 Å². The Morgan fingerprint density at radius 1 is 0.458 bits per heavy atom. The van der Waals surface area contributed by atoms with E-state index < -0.39 is 108 Å². The Morgan fingerprint density at radius 2 is 0.867 bits per heavy atom. The van der Waals surface area contributed by atoms with Gasteiger partial charge in [0.05, 0.1) is 35.0 Å². The van der Waals surface area contributed by atoms with Crippen molar-refractivity contribution in [2.75, 3.05) is 6.61 Å². The van der Waals surface area contributed by atoms with Crippen molar-refractivity contribution in [3.63, 3.8) is 0 Å². The van der Waals surface area contributed by atoms with E-state index in [4.69, 9.17) is 56.2 Å². The molecule has 0 spiro atoms. The van der Waals surface area contributed by atoms with E-state index in [-0.39, 0.29) is 44.7 Å². The number of benzene rings is 6. The van der Waals surface area contributed by atoms with Crippen molar-refractivity contribution in [2.24, 2.45) is 0 Å². The molecule has 0 bridgehead atoms. The summed E-state index contributed by atoms with van der Waals surface area (Å²) in [7, 11) is -4.96. The fourth-order valence-electron chi connectivity index (χ4n) is 9.14. The summed E-state index contributed by atoms with van der Waals surface area (Å²) < 4.78 is 80.6. The average Bonchev–Trinajstić information content (AvgIpc) is 3.38. The summed E-state index contributed by atoms with van der Waals surface area (Å²) in [6, 6.07) is 47.6. The third-order valence-electron chi connectivity index (χ3n) is 15.9. The first-order chi connectivity index (χ1) is 39.5. The van der Waals surface area contributed by atoms with E-state index in [2.05, 4.69) is 67.7 Å². The third kappa shape index (κ3) is 14.3. The molecular formula is C65H74O16Si2. The van der Waals surface area contributed by atoms with Crippen LogP contribution < -0.4 is 13.6 Å². The lowest BCUT2D eigenvalue weighted by atomic mass is 9.95. The second kappa shape index (κ2) is 25.4. The van der Waals surface area contributed by atoms with Gasteiger partial charge in [-0.25, -0.2) is 19.2 Å². The van der Waals surface area contributed by atoms with Gasteiger partial charge in [-0.15, -0.1) is 0 Å². The van der Waals surface area contributed by atoms with Gasteiger partial charge in [0.15, 0.2) is 37.0 Å². The lowest BCUT2D eigenvalue weighted by molar-refractivity contribution is -0.382. The maximum absolute atomic E-state index is 14.7. The number of rotatable bonds is 17. The number of carbonyl (C=O) groups excluding carboxylic acids is 4. The largest absolute Gasteiger partial charge is 0.541 e. The quantitative estimate of drug-likeness (QED) is 0.0478. The predicted molar refractivity (Wildman–Crippen MR) is 313 cm³/mol. The van der Waals surface area contributed by atoms with Crippen LogP contribution in [0.25, 0.3) is 0 Å². The molecule has 0 N–H and O–H groups in total. The lowest BCUT2D eigenvalue weighted by Gasteiger charge is -2.50. The van der Waals surface area contributed by atoms with Gasteiger partial charge in [0, 0.05) is 11.6 Å². The van der Waals surface area contributed by atoms with E-state index in [1.807, 2.05) is 36.4 Å². The van der Waals surface area contributed by atoms with Gasteiger partial charge >= 0.3 is 23.9 Å². The Kier molecular flexibility index (Phi) is 18.5. The van der Waals surface area contributed by atoms with Gasteiger partial charge in [-0.05, 0) is 104 Å². The van der Waals surface area contributed by atoms with E-state index in [9.17, 15) is 19.2 Å². The first-order valence-corrected chi connectivity index (χ1v) is 33.8. The molecule has 3 heterocycles. The molecule has 9 rings (SSSR count). The zero-order valence-electron chi connectivity index (χ0n) is 48.8. The Balaban J connectivity index is 1.17. The molecule has 6 aromatic rings. The molecule has 6 aromatic carbocycles. The SMILES string of the molecule is C[C@@H]1O[C@@H](O[C@@H]2[C@@H](OC(=O)c3ccccc3)[C@H](Oc3ccc(O[Si](C)(C)C(C)(C)C)c(O[Si](C)(C)C(C)(C)C)c3)O[C@@H]3COC(c4ccccc4)O[C@@H]23)[C@H](OC(=O)c2ccccc2)[C@H](OC(=O)c2ccccc2)[C@H]1OC(=O)c1ccccc1. The Labute approximate surface area is 487 Å². The summed E-state index contributed by atoms with van der Waals surface area (Å²) in [5.74, 6) is -1.90. The zero-order chi connectivity index (χ0) is 59.3. The van der Waals surface area contributed by atoms with Crippen LogP contribution in [0, 0.1) is 0 Å². The summed E-state index contributed by atoms with van der Waals surface area (Å²) in [6.45, 7) is 23.1. The second-order valence-corrected chi connectivity index (χ2v) is 33.4. The number of carbonyl (C=O) groups is 4. The van der Waals surface area contributed by atoms with Crippen molar-refractivity contribution < 1.29 is 75.4 Å². The van der Waals surface area contributed by atoms with Gasteiger partial charge in [-0.3, -0.25) is 0 Å². The van der Waals surface area contributed by atoms with Crippen LogP contribution in [0.3, 0.4) is 0 Å². The van der Waals surface area contributed by atoms with Crippen molar-refractivity contribution in [3.8, 4) is 17.2 Å². The maximum Gasteiger partial charge on any atom is 0.338 e. The molecule has 3 fully saturated rings. The molecule has 0 aromatic heterocycles. The third-order valence-corrected chi connectivity index (χ3v) is 24.6. The van der Waals surface area contributed by atoms with Crippen LogP contribution >= 0.6 is 0 Å². The summed E-state index contributed by atoms with van der Waals surface area (Å²) in [5, 5.41) is -0.346. The van der Waals surface area contributed by atoms with Gasteiger partial charge in [0.1, 0.15) is 35.6 Å². The maximum atomic E-state index is 14.7. The number of ether oxygens (including phenoxy) is 10. The van der Waals surface area contributed by atoms with E-state index in [1.54, 1.807) is 140 Å². The molecule has 11 atom stereocenters. The highest BCUT2D eigenvalue weighted by molar-refractivity contribution is 6.75. The summed E-state index contributed by atoms with van der Waals surface area (Å²) in [6.07, 6.45) is -15.0. The first kappa shape index (κ1) is 60.4. The highest BCUT2D eigenvalue weighted by Gasteiger charge is 2.59. The Hall–Kier alpha value is -7.17. The Bertz CT molecular complexity index is 3150. The van der Waals surface area contributed by atoms with Gasteiger partial charge in [0.2, 0.25) is 6.29 Å². The summed E-state index contributed by atoms with van der Waals surface area (Å²) in [5.41, 5.74) is 1.37. The smallest absolute Gasteiger partial charge is 0.338 e. The molecule has 0 saturated carbocycles. The Morgan fingerprint density at radius 3 is 1.33 bits per heavy atom. The van der Waals surface area contributed by atoms with Gasteiger partial charge in [-0.1, -0.05) is 145 Å². The van der Waals surface area contributed by atoms with E-state index in [1.165, 1.54) is 0 Å². The number of fused-ring (bicyclic) bond motifs is 1. The average molecular weight is 1170 g/mol. The van der Waals surface area contributed by atoms with Crippen LogP contribution in [0.5, 0.6) is 17.2 Å². The molecular weight excluding hydrogens is 1090 g/mol. The highest BCUT2D eigenvalue weighted by atomic mass is 28.4. The van der Waals surface area contributed by atoms with Crippen LogP contribution in [0.4, 0.5) is 0 Å². The van der Waals surface area contributed by atoms with Crippen molar-refractivity contribution in [3.05, 3.63) is 198 Å². The first-order valence-electron chi connectivity index (χ1n) is 28.0. The fourth-order valence-corrected chi connectivity index (χ4v) is 11.2. The number of esters is 4. The molecule has 16 nitrogen and oxygen atoms in total. The summed E-state index contributed by atoms with van der Waals surface area (Å²) >= 11 is 0. The molecule has 3 aliphatic rings. The molecule has 0 amide bonds. The predicted octanol–water partition coefficient (Wildman–Crippen LogP) is 12.7. The molecule has 0 aliphatic carbocycles. The lowest BCUT2D eigenvalue weighted by Crippen LogP contribution is -2.68. The van der Waals surface area contributed by atoms with Crippen molar-refractivity contribution >= 4 is 40.5 Å². The molecule has 3 saturated heterocycles. The topological polar surface area (TPSA) is 179 Å². The van der Waals surface area contributed by atoms with E-state index in [0.717, 1.165) is 0 Å². The molecule has 3 aliphatic heterocycles. The number of hydrogen-bond donors (Lipinski definition) is 0. The van der Waals surface area contributed by atoms with Gasteiger partial charge < -0.3 is 56.2 Å². The minimum absolute atomic E-state index is 0.0640. The standard InChI is InChI=1S/C65H74O16Si2/c1-41-51(74-57(66)42-27-17-12-18-28-42)53(75-58(67)43-29-19-13-20-30-43)55(76-59(68)44-31-21-14-22-32-44)62(71-41)79-54-52-50(40-70-61(78-52)46-35-25-16-26-36-46)73-63(56(54)77-60(69)45-33-23-15-24-34-45)72-47-37-38-48(80-82(8,9)64(2,3)4)49(39-47)81-83(10,11)65(5,6)7/h12-39,41,50-56,61-63H,40H2,1-11H3/t41-,50+,51-,52+,53+,54-,55+,56+,61?,62-,63+/m0/s1. The van der Waals surface area contributed by atoms with Crippen LogP contribution in [0.1, 0.15) is 102 Å². The molecule has 438 valence electrons. The minimum Gasteiger partial charge on any atom is -0.541 e. The molecule has 0 radical (unpaired) electrons. The van der Waals surface area contributed by atoms with E-state index in [0.29, 0.717) is 17.1 Å². The highest BCUT2D eigenvalue weighted by Crippen LogP contribution is 2.46. The van der Waals surface area contributed by atoms with Crippen molar-refractivity contribution in [1.82, 2.24) is 0 Å². The normalized spacial score (nSPS) is 24.7. The second-order valence-electron chi connectivity index (χ2n) is 23.9. The van der Waals surface area contributed by atoms with E-state index >= 15 is 0 Å². The van der Waals surface area contributed by atoms with Gasteiger partial charge in [0.25, 0.3) is 16.6 Å². The van der Waals surface area contributed by atoms with Crippen molar-refractivity contribution in [1.29, 1.82) is 0 Å². The molecule has 18 heteroatoms. The minimum atomic E-state index is -2.54. The van der Waals surface area contributed by atoms with Crippen LogP contribution in [-0.2, 0) is 42.6 Å². The number of hydrogen-bond acceptors (Lipinski definition) is 16. The summed E-state index contributed by atoms with van der Waals surface area (Å²) in [4.78, 5) is 57.6. The van der Waals surface area contributed by atoms with Crippen LogP contribution in [-0.4, -0.2) is 109 Å². The molecule has 1 unspecified atom stereocenters. The van der Waals surface area contributed by atoms with Crippen LogP contribution in [0.2, 0.25) is 36.3 Å². The van der Waals surface area contributed by atoms with Crippen LogP contribution in [0.15, 0.2) is 170 Å². The fraction of sp³-hybridized carbons (Fsp3) is 0.385. The molecule has 83 heavy (non-hydrogen) atoms. The monoisotopic (exact) mass is 1170 g/mol. The van der Waals surface area contributed by atoms with Gasteiger partial charge in [-0.2, -0.15) is 0 Å².